The van der Waals surface area contributed by atoms with Gasteiger partial charge in [-0.05, 0) is 61.4 Å². The minimum atomic E-state index is -1.02. The van der Waals surface area contributed by atoms with Gasteiger partial charge in [-0.1, -0.05) is 19.1 Å². The van der Waals surface area contributed by atoms with E-state index in [-0.39, 0.29) is 5.75 Å². The third-order valence-electron chi connectivity index (χ3n) is 6.38. The highest BCUT2D eigenvalue weighted by Crippen LogP contribution is 2.47. The van der Waals surface area contributed by atoms with Gasteiger partial charge in [-0.25, -0.2) is 0 Å². The van der Waals surface area contributed by atoms with Gasteiger partial charge in [-0.3, -0.25) is 0 Å². The first-order valence-electron chi connectivity index (χ1n) is 11.7. The van der Waals surface area contributed by atoms with E-state index in [1.54, 1.807) is 0 Å². The summed E-state index contributed by atoms with van der Waals surface area (Å²) < 4.78 is 6.25. The molecule has 0 atom stereocenters. The van der Waals surface area contributed by atoms with Crippen LogP contribution in [0.25, 0.3) is 0 Å². The Hall–Kier alpha value is -1.63. The summed E-state index contributed by atoms with van der Waals surface area (Å²) in [5.41, 5.74) is 6.16. The van der Waals surface area contributed by atoms with Gasteiger partial charge < -0.3 is 20.0 Å². The van der Waals surface area contributed by atoms with Crippen molar-refractivity contribution in [2.75, 3.05) is 30.3 Å². The van der Waals surface area contributed by atoms with Crippen LogP contribution in [0.1, 0.15) is 59.9 Å². The van der Waals surface area contributed by atoms with Crippen molar-refractivity contribution in [1.82, 2.24) is 0 Å². The van der Waals surface area contributed by atoms with E-state index in [1.807, 2.05) is 11.8 Å². The van der Waals surface area contributed by atoms with Crippen LogP contribution in [0.5, 0.6) is 11.5 Å². The van der Waals surface area contributed by atoms with Crippen LogP contribution in [-0.2, 0) is 17.6 Å². The van der Waals surface area contributed by atoms with Crippen LogP contribution in [0.3, 0.4) is 0 Å². The van der Waals surface area contributed by atoms with Crippen LogP contribution >= 0.6 is 23.5 Å². The molecule has 32 heavy (non-hydrogen) atoms. The van der Waals surface area contributed by atoms with Gasteiger partial charge in [-0.2, -0.15) is 11.8 Å². The quantitative estimate of drug-likeness (QED) is 0.576. The number of carbonyl (C=O) groups is 1. The monoisotopic (exact) mass is 471 g/mol. The molecule has 0 aromatic heterocycles. The molecule has 0 bridgehead atoms. The van der Waals surface area contributed by atoms with Crippen molar-refractivity contribution >= 4 is 29.5 Å². The Morgan fingerprint density at radius 2 is 1.94 bits per heavy atom. The number of piperidine rings is 1. The summed E-state index contributed by atoms with van der Waals surface area (Å²) in [5.74, 6) is 3.48. The van der Waals surface area contributed by atoms with Crippen molar-refractivity contribution in [1.29, 1.82) is 0 Å². The average Bonchev–Trinajstić information content (AvgIpc) is 2.77. The Morgan fingerprint density at radius 1 is 1.16 bits per heavy atom. The van der Waals surface area contributed by atoms with Crippen LogP contribution in [0.15, 0.2) is 29.2 Å². The summed E-state index contributed by atoms with van der Waals surface area (Å²) in [4.78, 5) is 12.2. The zero-order valence-corrected chi connectivity index (χ0v) is 20.7. The second kappa shape index (κ2) is 11.0. The predicted octanol–water partition coefficient (Wildman–Crippen LogP) is 3.66. The SMILES string of the molecule is C1CC[NH2+]CC1.CCc1cc(C)cc2c1Cc1c(ccc(C3CSC3)c1SCC(=O)[O-])O2. The number of quaternary nitrogens is 1. The number of ether oxygens (including phenoxy) is 1. The Bertz CT molecular complexity index is 957. The number of hydrogen-bond donors (Lipinski definition) is 1. The van der Waals surface area contributed by atoms with Gasteiger partial charge in [-0.15, -0.1) is 11.8 Å². The maximum Gasteiger partial charge on any atom is 0.132 e. The molecule has 3 aliphatic rings. The van der Waals surface area contributed by atoms with E-state index in [9.17, 15) is 9.90 Å². The number of fused-ring (bicyclic) bond motifs is 2. The standard InChI is InChI=1S/C21H22O3S2.C5H11N/c1-3-13-6-12(2)7-19-16(13)8-17-18(24-19)5-4-15(14-9-25-10-14)21(17)26-11-20(22)23;1-2-4-6-5-3-1/h4-7,14H,3,8-11H2,1-2H3,(H,22,23);6H,1-5H2. The van der Waals surface area contributed by atoms with Crippen molar-refractivity contribution in [3.8, 4) is 11.5 Å². The van der Waals surface area contributed by atoms with E-state index in [4.69, 9.17) is 4.74 Å². The lowest BCUT2D eigenvalue weighted by atomic mass is 9.90. The van der Waals surface area contributed by atoms with Crippen LogP contribution < -0.4 is 15.2 Å². The molecular weight excluding hydrogens is 438 g/mol. The third kappa shape index (κ3) is 5.46. The van der Waals surface area contributed by atoms with Gasteiger partial charge in [0.25, 0.3) is 0 Å². The average molecular weight is 472 g/mol. The number of carboxylic acid groups (broad SMARTS) is 1. The molecule has 0 aliphatic carbocycles. The fourth-order valence-corrected chi connectivity index (χ4v) is 6.43. The lowest BCUT2D eigenvalue weighted by molar-refractivity contribution is -0.662. The molecule has 2 aromatic rings. The van der Waals surface area contributed by atoms with Crippen molar-refractivity contribution in [3.63, 3.8) is 0 Å². The van der Waals surface area contributed by atoms with Crippen molar-refractivity contribution < 1.29 is 20.0 Å². The fourth-order valence-electron chi connectivity index (χ4n) is 4.59. The molecule has 0 saturated carbocycles. The van der Waals surface area contributed by atoms with Crippen LogP contribution in [-0.4, -0.2) is 36.3 Å². The Kier molecular flexibility index (Phi) is 8.08. The molecule has 3 heterocycles. The Balaban J connectivity index is 0.000000354. The molecule has 172 valence electrons. The molecule has 0 unspecified atom stereocenters. The zero-order chi connectivity index (χ0) is 22.5. The van der Waals surface area contributed by atoms with E-state index in [0.717, 1.165) is 46.3 Å². The number of hydrogen-bond acceptors (Lipinski definition) is 5. The van der Waals surface area contributed by atoms with Gasteiger partial charge >= 0.3 is 0 Å². The zero-order valence-electron chi connectivity index (χ0n) is 19.1. The number of rotatable bonds is 5. The maximum absolute atomic E-state index is 11.1. The molecule has 2 saturated heterocycles. The maximum atomic E-state index is 11.1. The van der Waals surface area contributed by atoms with E-state index in [0.29, 0.717) is 5.92 Å². The first kappa shape index (κ1) is 23.5. The Morgan fingerprint density at radius 3 is 2.50 bits per heavy atom. The van der Waals surface area contributed by atoms with Gasteiger partial charge in [0.15, 0.2) is 0 Å². The van der Waals surface area contributed by atoms with E-state index in [2.05, 4.69) is 43.4 Å². The summed E-state index contributed by atoms with van der Waals surface area (Å²) in [6.07, 6.45) is 6.12. The molecule has 0 amide bonds. The molecule has 6 heteroatoms. The van der Waals surface area contributed by atoms with E-state index in [1.165, 1.54) is 66.4 Å². The molecule has 0 spiro atoms. The van der Waals surface area contributed by atoms with Crippen molar-refractivity contribution in [3.05, 3.63) is 52.1 Å². The lowest BCUT2D eigenvalue weighted by Gasteiger charge is -2.31. The van der Waals surface area contributed by atoms with Gasteiger partial charge in [0.1, 0.15) is 11.5 Å². The highest BCUT2D eigenvalue weighted by atomic mass is 32.2. The number of nitrogens with two attached hydrogens (primary N) is 1. The summed E-state index contributed by atoms with van der Waals surface area (Å²) in [6.45, 7) is 7.01. The number of benzene rings is 2. The Labute approximate surface area is 199 Å². The molecule has 5 rings (SSSR count). The van der Waals surface area contributed by atoms with E-state index < -0.39 is 5.97 Å². The largest absolute Gasteiger partial charge is 0.549 e. The number of carboxylic acids is 1. The van der Waals surface area contributed by atoms with Crippen LogP contribution in [0, 0.1) is 6.92 Å². The van der Waals surface area contributed by atoms with Gasteiger partial charge in [0.05, 0.1) is 19.1 Å². The molecule has 0 radical (unpaired) electrons. The molecule has 2 aromatic carbocycles. The molecule has 2 fully saturated rings. The highest BCUT2D eigenvalue weighted by Gasteiger charge is 2.29. The first-order chi connectivity index (χ1) is 15.6. The highest BCUT2D eigenvalue weighted by molar-refractivity contribution is 8.01. The van der Waals surface area contributed by atoms with Crippen LogP contribution in [0.2, 0.25) is 0 Å². The smallest absolute Gasteiger partial charge is 0.132 e. The lowest BCUT2D eigenvalue weighted by Crippen LogP contribution is -2.85. The minimum absolute atomic E-state index is 0.0231. The predicted molar refractivity (Wildman–Crippen MR) is 131 cm³/mol. The second-order valence-corrected chi connectivity index (χ2v) is 10.9. The third-order valence-corrected chi connectivity index (χ3v) is 8.80. The normalized spacial score (nSPS) is 17.2. The number of aliphatic carboxylic acids is 1. The molecule has 3 aliphatic heterocycles. The van der Waals surface area contributed by atoms with Crippen molar-refractivity contribution in [2.45, 2.75) is 56.8 Å². The minimum Gasteiger partial charge on any atom is -0.549 e. The second-order valence-electron chi connectivity index (χ2n) is 8.82. The number of thioether (sulfide) groups is 2. The van der Waals surface area contributed by atoms with Gasteiger partial charge in [0.2, 0.25) is 0 Å². The van der Waals surface area contributed by atoms with Crippen LogP contribution in [0.4, 0.5) is 0 Å². The molecule has 2 N–H and O–H groups in total. The topological polar surface area (TPSA) is 66.0 Å². The first-order valence-corrected chi connectivity index (χ1v) is 13.9. The summed E-state index contributed by atoms with van der Waals surface area (Å²) >= 11 is 3.32. The fraction of sp³-hybridized carbons (Fsp3) is 0.500. The van der Waals surface area contributed by atoms with Gasteiger partial charge in [0, 0.05) is 45.6 Å². The molecular formula is C26H33NO3S2. The summed E-state index contributed by atoms with van der Waals surface area (Å²) in [6, 6.07) is 8.52. The number of carbonyl (C=O) groups excluding carboxylic acids is 1. The summed E-state index contributed by atoms with van der Waals surface area (Å²) in [7, 11) is 0. The molecule has 4 nitrogen and oxygen atoms in total. The van der Waals surface area contributed by atoms with E-state index >= 15 is 0 Å². The number of aryl methyl sites for hydroxylation is 2. The van der Waals surface area contributed by atoms with Crippen molar-refractivity contribution in [2.24, 2.45) is 0 Å². The summed E-state index contributed by atoms with van der Waals surface area (Å²) in [5, 5.41) is 13.5.